The van der Waals surface area contributed by atoms with Crippen molar-refractivity contribution in [3.8, 4) is 11.1 Å². The lowest BCUT2D eigenvalue weighted by atomic mass is 9.87. The van der Waals surface area contributed by atoms with E-state index in [2.05, 4.69) is 57.2 Å². The highest BCUT2D eigenvalue weighted by atomic mass is 16.5. The van der Waals surface area contributed by atoms with Crippen molar-refractivity contribution in [3.63, 3.8) is 0 Å². The molecule has 0 saturated carbocycles. The first kappa shape index (κ1) is 15.6. The van der Waals surface area contributed by atoms with Gasteiger partial charge in [0.1, 0.15) is 0 Å². The molecule has 0 N–H and O–H groups in total. The predicted octanol–water partition coefficient (Wildman–Crippen LogP) is 5.54. The van der Waals surface area contributed by atoms with E-state index in [4.69, 9.17) is 4.74 Å². The van der Waals surface area contributed by atoms with Crippen molar-refractivity contribution >= 4 is 5.97 Å². The van der Waals surface area contributed by atoms with Gasteiger partial charge in [0.2, 0.25) is 0 Å². The average Bonchev–Trinajstić information content (AvgIpc) is 2.94. The molecule has 1 aliphatic rings. The first-order valence-electron chi connectivity index (χ1n) is 8.54. The highest BCUT2D eigenvalue weighted by molar-refractivity contribution is 5.95. The Morgan fingerprint density at radius 2 is 1.36 bits per heavy atom. The molecule has 0 aliphatic carbocycles. The van der Waals surface area contributed by atoms with Gasteiger partial charge in [-0.1, -0.05) is 54.6 Å². The number of carbonyl (C=O) groups is 1. The molecule has 2 nitrogen and oxygen atoms in total. The minimum Gasteiger partial charge on any atom is -0.449 e. The van der Waals surface area contributed by atoms with E-state index >= 15 is 0 Å². The van der Waals surface area contributed by atoms with E-state index in [1.54, 1.807) is 0 Å². The van der Waals surface area contributed by atoms with Crippen LogP contribution in [0.4, 0.5) is 0 Å². The van der Waals surface area contributed by atoms with Gasteiger partial charge < -0.3 is 4.74 Å². The molecule has 1 atom stereocenters. The van der Waals surface area contributed by atoms with Crippen LogP contribution in [0.3, 0.4) is 0 Å². The van der Waals surface area contributed by atoms with E-state index in [9.17, 15) is 4.79 Å². The summed E-state index contributed by atoms with van der Waals surface area (Å²) in [4.78, 5) is 12.3. The third-order valence-corrected chi connectivity index (χ3v) is 5.17. The van der Waals surface area contributed by atoms with Crippen molar-refractivity contribution in [2.45, 2.75) is 26.9 Å². The Hall–Kier alpha value is -2.87. The largest absolute Gasteiger partial charge is 0.449 e. The van der Waals surface area contributed by atoms with Gasteiger partial charge in [0.25, 0.3) is 0 Å². The Kier molecular flexibility index (Phi) is 3.69. The van der Waals surface area contributed by atoms with Crippen LogP contribution < -0.4 is 0 Å². The number of fused-ring (bicyclic) bond motifs is 1. The summed E-state index contributed by atoms with van der Waals surface area (Å²) in [5.41, 5.74) is 8.67. The highest BCUT2D eigenvalue weighted by Crippen LogP contribution is 2.42. The van der Waals surface area contributed by atoms with Crippen molar-refractivity contribution in [2.24, 2.45) is 0 Å². The highest BCUT2D eigenvalue weighted by Gasteiger charge is 2.34. The fraction of sp³-hybridized carbons (Fsp3) is 0.174. The SMILES string of the molecule is Cc1cccc(-c2cccc(C)c2C2OC(=O)c3ccccc32)c1C. The first-order valence-corrected chi connectivity index (χ1v) is 8.54. The van der Waals surface area contributed by atoms with Gasteiger partial charge in [-0.2, -0.15) is 0 Å². The number of carbonyl (C=O) groups excluding carboxylic acids is 1. The molecule has 0 fully saturated rings. The number of ether oxygens (including phenoxy) is 1. The van der Waals surface area contributed by atoms with E-state index in [0.29, 0.717) is 5.56 Å². The number of benzene rings is 3. The zero-order valence-corrected chi connectivity index (χ0v) is 14.7. The van der Waals surface area contributed by atoms with Crippen molar-refractivity contribution in [1.29, 1.82) is 0 Å². The smallest absolute Gasteiger partial charge is 0.339 e. The van der Waals surface area contributed by atoms with Crippen molar-refractivity contribution in [1.82, 2.24) is 0 Å². The summed E-state index contributed by atoms with van der Waals surface area (Å²) in [5, 5.41) is 0. The van der Waals surface area contributed by atoms with Gasteiger partial charge in [0, 0.05) is 11.1 Å². The van der Waals surface area contributed by atoms with Gasteiger partial charge in [0.15, 0.2) is 6.10 Å². The van der Waals surface area contributed by atoms with Crippen molar-refractivity contribution in [2.75, 3.05) is 0 Å². The maximum atomic E-state index is 12.3. The standard InChI is InChI=1S/C23H20O2/c1-14-8-6-12-17(16(14)3)18-13-7-9-15(2)21(18)22-19-10-4-5-11-20(19)23(24)25-22/h4-13,22H,1-3H3. The van der Waals surface area contributed by atoms with E-state index in [-0.39, 0.29) is 12.1 Å². The van der Waals surface area contributed by atoms with Crippen LogP contribution in [0.15, 0.2) is 60.7 Å². The van der Waals surface area contributed by atoms with Crippen LogP contribution in [0.5, 0.6) is 0 Å². The first-order chi connectivity index (χ1) is 12.1. The molecule has 1 unspecified atom stereocenters. The Labute approximate surface area is 148 Å². The average molecular weight is 328 g/mol. The molecule has 3 aromatic carbocycles. The van der Waals surface area contributed by atoms with E-state index in [0.717, 1.165) is 22.3 Å². The van der Waals surface area contributed by atoms with Crippen LogP contribution >= 0.6 is 0 Å². The van der Waals surface area contributed by atoms with Gasteiger partial charge in [-0.15, -0.1) is 0 Å². The third kappa shape index (κ3) is 2.45. The molecular formula is C23H20O2. The second-order valence-corrected chi connectivity index (χ2v) is 6.66. The molecule has 0 saturated heterocycles. The van der Waals surface area contributed by atoms with Crippen LogP contribution in [0.1, 0.15) is 44.3 Å². The molecule has 124 valence electrons. The van der Waals surface area contributed by atoms with E-state index in [1.807, 2.05) is 24.3 Å². The molecule has 1 heterocycles. The van der Waals surface area contributed by atoms with Gasteiger partial charge >= 0.3 is 5.97 Å². The number of cyclic esters (lactones) is 1. The summed E-state index contributed by atoms with van der Waals surface area (Å²) in [7, 11) is 0. The Bertz CT molecular complexity index is 985. The number of hydrogen-bond acceptors (Lipinski definition) is 2. The fourth-order valence-electron chi connectivity index (χ4n) is 3.67. The van der Waals surface area contributed by atoms with Crippen molar-refractivity contribution in [3.05, 3.63) is 94.0 Å². The summed E-state index contributed by atoms with van der Waals surface area (Å²) < 4.78 is 5.79. The van der Waals surface area contributed by atoms with Crippen molar-refractivity contribution < 1.29 is 9.53 Å². The lowest BCUT2D eigenvalue weighted by molar-refractivity contribution is 0.0456. The Morgan fingerprint density at radius 1 is 0.720 bits per heavy atom. The maximum absolute atomic E-state index is 12.3. The summed E-state index contributed by atoms with van der Waals surface area (Å²) in [5.74, 6) is -0.240. The molecule has 0 amide bonds. The van der Waals surface area contributed by atoms with Gasteiger partial charge in [-0.25, -0.2) is 4.79 Å². The fourth-order valence-corrected chi connectivity index (χ4v) is 3.67. The molecule has 3 aromatic rings. The lowest BCUT2D eigenvalue weighted by Crippen LogP contribution is -2.06. The molecule has 0 radical (unpaired) electrons. The van der Waals surface area contributed by atoms with E-state index in [1.165, 1.54) is 16.7 Å². The second-order valence-electron chi connectivity index (χ2n) is 6.66. The molecule has 25 heavy (non-hydrogen) atoms. The maximum Gasteiger partial charge on any atom is 0.339 e. The number of aryl methyl sites for hydroxylation is 2. The quantitative estimate of drug-likeness (QED) is 0.577. The summed E-state index contributed by atoms with van der Waals surface area (Å²) >= 11 is 0. The number of rotatable bonds is 2. The summed E-state index contributed by atoms with van der Waals surface area (Å²) in [6, 6.07) is 20.3. The van der Waals surface area contributed by atoms with Crippen LogP contribution in [0, 0.1) is 20.8 Å². The van der Waals surface area contributed by atoms with Crippen LogP contribution in [-0.2, 0) is 4.74 Å². The van der Waals surface area contributed by atoms with Crippen LogP contribution in [0.25, 0.3) is 11.1 Å². The topological polar surface area (TPSA) is 26.3 Å². The Balaban J connectivity index is 1.96. The minimum absolute atomic E-state index is 0.240. The van der Waals surface area contributed by atoms with Crippen LogP contribution in [-0.4, -0.2) is 5.97 Å². The molecule has 0 aromatic heterocycles. The molecule has 0 spiro atoms. The zero-order chi connectivity index (χ0) is 17.6. The van der Waals surface area contributed by atoms with Crippen LogP contribution in [0.2, 0.25) is 0 Å². The number of hydrogen-bond donors (Lipinski definition) is 0. The van der Waals surface area contributed by atoms with Gasteiger partial charge in [-0.05, 0) is 54.7 Å². The molecule has 4 rings (SSSR count). The number of esters is 1. The molecule has 1 aliphatic heterocycles. The summed E-state index contributed by atoms with van der Waals surface area (Å²) in [6.45, 7) is 6.35. The Morgan fingerprint density at radius 3 is 2.16 bits per heavy atom. The lowest BCUT2D eigenvalue weighted by Gasteiger charge is -2.20. The van der Waals surface area contributed by atoms with E-state index < -0.39 is 0 Å². The van der Waals surface area contributed by atoms with Gasteiger partial charge in [-0.3, -0.25) is 0 Å². The molecule has 0 bridgehead atoms. The van der Waals surface area contributed by atoms with Gasteiger partial charge in [0.05, 0.1) is 5.56 Å². The molecular weight excluding hydrogens is 308 g/mol. The third-order valence-electron chi connectivity index (χ3n) is 5.17. The second kappa shape index (κ2) is 5.89. The monoisotopic (exact) mass is 328 g/mol. The predicted molar refractivity (Wildman–Crippen MR) is 99.8 cm³/mol. The molecule has 2 heteroatoms. The summed E-state index contributed by atoms with van der Waals surface area (Å²) in [6.07, 6.45) is -0.347. The minimum atomic E-state index is -0.347. The normalized spacial score (nSPS) is 15.8. The zero-order valence-electron chi connectivity index (χ0n) is 14.7.